The van der Waals surface area contributed by atoms with Crippen LogP contribution in [0.5, 0.6) is 0 Å². The molecule has 2 aliphatic heterocycles. The third kappa shape index (κ3) is 9.03. The van der Waals surface area contributed by atoms with Crippen LogP contribution in [-0.4, -0.2) is 72.6 Å². The van der Waals surface area contributed by atoms with Crippen molar-refractivity contribution in [3.8, 4) is 0 Å². The Morgan fingerprint density at radius 2 is 1.68 bits per heavy atom. The fourth-order valence-electron chi connectivity index (χ4n) is 5.11. The summed E-state index contributed by atoms with van der Waals surface area (Å²) in [6, 6.07) is 8.90. The van der Waals surface area contributed by atoms with E-state index < -0.39 is 17.6 Å². The molecule has 210 valence electrons. The first kappa shape index (κ1) is 29.5. The lowest BCUT2D eigenvalue weighted by atomic mass is 9.91. The van der Waals surface area contributed by atoms with Crippen LogP contribution in [0.2, 0.25) is 0 Å². The lowest BCUT2D eigenvalue weighted by Crippen LogP contribution is -2.46. The molecule has 0 spiro atoms. The number of hydrogen-bond donors (Lipinski definition) is 1. The summed E-state index contributed by atoms with van der Waals surface area (Å²) < 4.78 is 10.3. The van der Waals surface area contributed by atoms with Crippen LogP contribution in [0.1, 0.15) is 77.3 Å². The quantitative estimate of drug-likeness (QED) is 0.509. The van der Waals surface area contributed by atoms with Crippen LogP contribution < -0.4 is 5.32 Å². The highest BCUT2D eigenvalue weighted by molar-refractivity contribution is 5.82. The van der Waals surface area contributed by atoms with Crippen molar-refractivity contribution >= 4 is 23.9 Å². The minimum Gasteiger partial charge on any atom is -0.469 e. The number of ether oxygens (including phenoxy) is 2. The molecular formula is C29H43N3O6. The number of nitrogens with zero attached hydrogens (tertiary/aromatic N) is 2. The van der Waals surface area contributed by atoms with Gasteiger partial charge in [0.2, 0.25) is 11.8 Å². The number of piperidine rings is 2. The molecule has 0 bridgehead atoms. The number of methoxy groups -OCH3 is 1. The first-order valence-corrected chi connectivity index (χ1v) is 13.7. The smallest absolute Gasteiger partial charge is 0.410 e. The van der Waals surface area contributed by atoms with Crippen molar-refractivity contribution in [3.05, 3.63) is 35.9 Å². The average molecular weight is 530 g/mol. The van der Waals surface area contributed by atoms with E-state index in [0.717, 1.165) is 31.2 Å². The summed E-state index contributed by atoms with van der Waals surface area (Å²) in [5, 5.41) is 3.02. The fourth-order valence-corrected chi connectivity index (χ4v) is 5.11. The largest absolute Gasteiger partial charge is 0.469 e. The number of rotatable bonds is 8. The highest BCUT2D eigenvalue weighted by Gasteiger charge is 2.31. The molecule has 0 saturated carbocycles. The Morgan fingerprint density at radius 1 is 1.00 bits per heavy atom. The van der Waals surface area contributed by atoms with Gasteiger partial charge in [0.05, 0.1) is 25.5 Å². The Labute approximate surface area is 226 Å². The number of nitrogens with one attached hydrogen (secondary N) is 1. The molecule has 0 aromatic heterocycles. The van der Waals surface area contributed by atoms with E-state index in [9.17, 15) is 19.2 Å². The normalized spacial score (nSPS) is 19.4. The van der Waals surface area contributed by atoms with Crippen LogP contribution >= 0.6 is 0 Å². The van der Waals surface area contributed by atoms with E-state index in [4.69, 9.17) is 9.47 Å². The van der Waals surface area contributed by atoms with Crippen LogP contribution in [-0.2, 0) is 23.9 Å². The second kappa shape index (κ2) is 13.6. The van der Waals surface area contributed by atoms with Gasteiger partial charge in [-0.2, -0.15) is 0 Å². The number of carbonyl (C=O) groups excluding carboxylic acids is 4. The highest BCUT2D eigenvalue weighted by Crippen LogP contribution is 2.26. The molecule has 2 aliphatic rings. The zero-order valence-corrected chi connectivity index (χ0v) is 23.2. The molecule has 38 heavy (non-hydrogen) atoms. The summed E-state index contributed by atoms with van der Waals surface area (Å²) in [6.07, 6.45) is 4.20. The van der Waals surface area contributed by atoms with Crippen molar-refractivity contribution in [3.63, 3.8) is 0 Å². The van der Waals surface area contributed by atoms with E-state index in [-0.39, 0.29) is 30.2 Å². The summed E-state index contributed by atoms with van der Waals surface area (Å²) in [5.41, 5.74) is 0.334. The third-order valence-corrected chi connectivity index (χ3v) is 7.29. The maximum absolute atomic E-state index is 13.2. The van der Waals surface area contributed by atoms with Gasteiger partial charge in [-0.1, -0.05) is 30.3 Å². The molecule has 1 unspecified atom stereocenters. The molecule has 9 heteroatoms. The standard InChI is InChI=1S/C29H43N3O6/c1-29(2,3)38-28(36)31-17-14-21(15-18-31)12-13-25(33)32-16-8-11-23(20-32)27(35)30-24(19-26(34)37-4)22-9-6-5-7-10-22/h5-7,9-10,21,23-24H,8,11-20H2,1-4H3,(H,30,35)/t23-,24?/m1/s1. The van der Waals surface area contributed by atoms with Crippen molar-refractivity contribution in [1.82, 2.24) is 15.1 Å². The monoisotopic (exact) mass is 529 g/mol. The predicted molar refractivity (Wildman–Crippen MR) is 143 cm³/mol. The predicted octanol–water partition coefficient (Wildman–Crippen LogP) is 4.07. The fraction of sp³-hybridized carbons (Fsp3) is 0.655. The van der Waals surface area contributed by atoms with Gasteiger partial charge in [0.25, 0.3) is 0 Å². The molecule has 2 heterocycles. The molecule has 0 radical (unpaired) electrons. The van der Waals surface area contributed by atoms with Gasteiger partial charge in [0.1, 0.15) is 5.60 Å². The Hall–Kier alpha value is -3.10. The highest BCUT2D eigenvalue weighted by atomic mass is 16.6. The van der Waals surface area contributed by atoms with Gasteiger partial charge in [-0.25, -0.2) is 4.79 Å². The van der Waals surface area contributed by atoms with Crippen LogP contribution in [0.3, 0.4) is 0 Å². The van der Waals surface area contributed by atoms with Crippen molar-refractivity contribution in [2.24, 2.45) is 11.8 Å². The van der Waals surface area contributed by atoms with E-state index >= 15 is 0 Å². The van der Waals surface area contributed by atoms with E-state index in [1.54, 1.807) is 9.80 Å². The topological polar surface area (TPSA) is 105 Å². The molecule has 1 N–H and O–H groups in total. The van der Waals surface area contributed by atoms with Gasteiger partial charge < -0.3 is 24.6 Å². The molecule has 2 fully saturated rings. The van der Waals surface area contributed by atoms with E-state index in [2.05, 4.69) is 5.32 Å². The van der Waals surface area contributed by atoms with Crippen molar-refractivity contribution in [1.29, 1.82) is 0 Å². The number of likely N-dealkylation sites (tertiary alicyclic amines) is 2. The Bertz CT molecular complexity index is 953. The maximum Gasteiger partial charge on any atom is 0.410 e. The SMILES string of the molecule is COC(=O)CC(NC(=O)[C@@H]1CCCN(C(=O)CCC2CCN(C(=O)OC(C)(C)C)CC2)C1)c1ccccc1. The van der Waals surface area contributed by atoms with Crippen molar-refractivity contribution in [2.45, 2.75) is 77.4 Å². The number of amides is 3. The molecule has 3 amide bonds. The minimum atomic E-state index is -0.507. The van der Waals surface area contributed by atoms with Gasteiger partial charge in [-0.15, -0.1) is 0 Å². The van der Waals surface area contributed by atoms with Crippen molar-refractivity contribution in [2.75, 3.05) is 33.3 Å². The Balaban J connectivity index is 1.46. The average Bonchev–Trinajstić information content (AvgIpc) is 2.91. The third-order valence-electron chi connectivity index (χ3n) is 7.29. The zero-order valence-electron chi connectivity index (χ0n) is 23.2. The molecular weight excluding hydrogens is 486 g/mol. The second-order valence-corrected chi connectivity index (χ2v) is 11.4. The molecule has 3 rings (SSSR count). The molecule has 0 aliphatic carbocycles. The maximum atomic E-state index is 13.2. The molecule has 2 saturated heterocycles. The molecule has 9 nitrogen and oxygen atoms in total. The lowest BCUT2D eigenvalue weighted by molar-refractivity contribution is -0.141. The van der Waals surface area contributed by atoms with Gasteiger partial charge in [0, 0.05) is 32.6 Å². The summed E-state index contributed by atoms with van der Waals surface area (Å²) in [6.45, 7) is 7.93. The van der Waals surface area contributed by atoms with E-state index in [1.807, 2.05) is 51.1 Å². The first-order chi connectivity index (χ1) is 18.1. The molecule has 1 aromatic rings. The number of carbonyl (C=O) groups is 4. The van der Waals surface area contributed by atoms with Crippen LogP contribution in [0.4, 0.5) is 4.79 Å². The molecule has 2 atom stereocenters. The van der Waals surface area contributed by atoms with Gasteiger partial charge in [0.15, 0.2) is 0 Å². The van der Waals surface area contributed by atoms with Crippen LogP contribution in [0.15, 0.2) is 30.3 Å². The number of hydrogen-bond acceptors (Lipinski definition) is 6. The molecule has 1 aromatic carbocycles. The van der Waals surface area contributed by atoms with Crippen molar-refractivity contribution < 1.29 is 28.7 Å². The Morgan fingerprint density at radius 3 is 2.32 bits per heavy atom. The summed E-state index contributed by atoms with van der Waals surface area (Å²) in [4.78, 5) is 54.0. The first-order valence-electron chi connectivity index (χ1n) is 13.7. The summed E-state index contributed by atoms with van der Waals surface area (Å²) in [7, 11) is 1.33. The van der Waals surface area contributed by atoms with Crippen LogP contribution in [0.25, 0.3) is 0 Å². The zero-order chi connectivity index (χ0) is 27.7. The van der Waals surface area contributed by atoms with Gasteiger partial charge >= 0.3 is 12.1 Å². The van der Waals surface area contributed by atoms with Gasteiger partial charge in [-0.05, 0) is 64.4 Å². The Kier molecular flexibility index (Phi) is 10.6. The van der Waals surface area contributed by atoms with E-state index in [0.29, 0.717) is 44.9 Å². The minimum absolute atomic E-state index is 0.0500. The number of esters is 1. The van der Waals surface area contributed by atoms with E-state index in [1.165, 1.54) is 7.11 Å². The summed E-state index contributed by atoms with van der Waals surface area (Å²) in [5.74, 6) is -0.377. The van der Waals surface area contributed by atoms with Crippen LogP contribution in [0, 0.1) is 11.8 Å². The second-order valence-electron chi connectivity index (χ2n) is 11.4. The lowest BCUT2D eigenvalue weighted by Gasteiger charge is -2.35. The van der Waals surface area contributed by atoms with Gasteiger partial charge in [-0.3, -0.25) is 14.4 Å². The summed E-state index contributed by atoms with van der Waals surface area (Å²) >= 11 is 0. The number of benzene rings is 1.